The number of nitrogens with zero attached hydrogens (tertiary/aromatic N) is 1. The van der Waals surface area contributed by atoms with E-state index >= 15 is 0 Å². The van der Waals surface area contributed by atoms with Gasteiger partial charge in [0.05, 0.1) is 0 Å². The quantitative estimate of drug-likeness (QED) is 0.610. The Balaban J connectivity index is 4.08. The highest BCUT2D eigenvalue weighted by atomic mass is 15.0. The molecule has 1 N–H and O–H groups in total. The molecule has 2 nitrogen and oxygen atoms in total. The average Bonchev–Trinajstić information content (AvgIpc) is 1.97. The molecule has 0 fully saturated rings. The monoisotopic (exact) mass is 150 g/mol. The number of hydrogen-bond donors (Lipinski definition) is 1. The minimum absolute atomic E-state index is 0.789. The van der Waals surface area contributed by atoms with Crippen LogP contribution in [0.3, 0.4) is 0 Å². The Kier molecular flexibility index (Phi) is 4.82. The second-order valence-electron chi connectivity index (χ2n) is 2.09. The fourth-order valence-electron chi connectivity index (χ4n) is 0.531. The summed E-state index contributed by atoms with van der Waals surface area (Å²) in [5, 5.41) is 2.99. The largest absolute Gasteiger partial charge is 0.345 e. The molecule has 60 valence electrons. The van der Waals surface area contributed by atoms with Gasteiger partial charge in [-0.15, -0.1) is 0 Å². The van der Waals surface area contributed by atoms with E-state index in [1.54, 1.807) is 12.3 Å². The number of aliphatic imine (C=N–C) groups is 1. The second-order valence-corrected chi connectivity index (χ2v) is 2.09. The average molecular weight is 150 g/mol. The van der Waals surface area contributed by atoms with Crippen LogP contribution < -0.4 is 5.32 Å². The smallest absolute Gasteiger partial charge is 0.125 e. The van der Waals surface area contributed by atoms with Crippen LogP contribution in [0.2, 0.25) is 0 Å². The lowest BCUT2D eigenvalue weighted by Gasteiger charge is -2.02. The summed E-state index contributed by atoms with van der Waals surface area (Å²) in [5.41, 5.74) is 0.874. The Hall–Kier alpha value is -1.31. The molecular weight excluding hydrogens is 136 g/mol. The maximum Gasteiger partial charge on any atom is 0.125 e. The van der Waals surface area contributed by atoms with E-state index in [4.69, 9.17) is 0 Å². The van der Waals surface area contributed by atoms with Crippen LogP contribution in [0.1, 0.15) is 13.8 Å². The molecule has 11 heavy (non-hydrogen) atoms. The summed E-state index contributed by atoms with van der Waals surface area (Å²) in [5.74, 6) is 0.789. The summed E-state index contributed by atoms with van der Waals surface area (Å²) >= 11 is 0. The van der Waals surface area contributed by atoms with Crippen LogP contribution in [0.5, 0.6) is 0 Å². The van der Waals surface area contributed by atoms with E-state index in [2.05, 4.69) is 23.5 Å². The lowest BCUT2D eigenvalue weighted by molar-refractivity contribution is 0.951. The van der Waals surface area contributed by atoms with E-state index in [0.29, 0.717) is 0 Å². The fourth-order valence-corrected chi connectivity index (χ4v) is 0.531. The number of nitrogens with one attached hydrogen (secondary N) is 1. The number of hydrogen-bond acceptors (Lipinski definition) is 2. The maximum absolute atomic E-state index is 4.05. The van der Waals surface area contributed by atoms with Gasteiger partial charge in [0, 0.05) is 11.9 Å². The van der Waals surface area contributed by atoms with Gasteiger partial charge in [-0.1, -0.05) is 19.2 Å². The zero-order valence-electron chi connectivity index (χ0n) is 7.09. The molecule has 0 saturated heterocycles. The first-order valence-corrected chi connectivity index (χ1v) is 3.44. The Bertz CT molecular complexity index is 200. The summed E-state index contributed by atoms with van der Waals surface area (Å²) in [4.78, 5) is 4.05. The third-order valence-corrected chi connectivity index (χ3v) is 0.934. The van der Waals surface area contributed by atoms with Crippen LogP contribution in [0.4, 0.5) is 0 Å². The van der Waals surface area contributed by atoms with Crippen LogP contribution in [-0.2, 0) is 0 Å². The lowest BCUT2D eigenvalue weighted by atomic mass is 10.5. The van der Waals surface area contributed by atoms with E-state index < -0.39 is 0 Å². The molecule has 0 rings (SSSR count). The number of rotatable bonds is 4. The van der Waals surface area contributed by atoms with E-state index in [-0.39, 0.29) is 0 Å². The summed E-state index contributed by atoms with van der Waals surface area (Å²) in [6.07, 6.45) is 5.13. The molecule has 0 amide bonds. The molecule has 0 aliphatic heterocycles. The SMILES string of the molecule is C=C/C=N\C(=C/C)NC(=C)C. The first kappa shape index (κ1) is 9.69. The highest BCUT2D eigenvalue weighted by Crippen LogP contribution is 1.93. The minimum Gasteiger partial charge on any atom is -0.345 e. The van der Waals surface area contributed by atoms with Gasteiger partial charge in [0.1, 0.15) is 5.82 Å². The molecule has 0 bridgehead atoms. The molecule has 0 heterocycles. The van der Waals surface area contributed by atoms with E-state index in [0.717, 1.165) is 11.5 Å². The summed E-state index contributed by atoms with van der Waals surface area (Å²) in [7, 11) is 0. The summed E-state index contributed by atoms with van der Waals surface area (Å²) < 4.78 is 0. The van der Waals surface area contributed by atoms with Crippen molar-refractivity contribution in [1.29, 1.82) is 0 Å². The Morgan fingerprint density at radius 3 is 2.55 bits per heavy atom. The second kappa shape index (κ2) is 5.47. The van der Waals surface area contributed by atoms with Crippen LogP contribution >= 0.6 is 0 Å². The molecule has 0 aromatic heterocycles. The van der Waals surface area contributed by atoms with Crippen LogP contribution in [-0.4, -0.2) is 6.21 Å². The predicted octanol–water partition coefficient (Wildman–Crippen LogP) is 2.23. The fraction of sp³-hybridized carbons (Fsp3) is 0.222. The van der Waals surface area contributed by atoms with Crippen LogP contribution in [0, 0.1) is 0 Å². The molecule has 0 aliphatic rings. The van der Waals surface area contributed by atoms with Crippen molar-refractivity contribution in [3.63, 3.8) is 0 Å². The van der Waals surface area contributed by atoms with Gasteiger partial charge in [-0.05, 0) is 19.9 Å². The van der Waals surface area contributed by atoms with Crippen molar-refractivity contribution in [1.82, 2.24) is 5.32 Å². The van der Waals surface area contributed by atoms with Gasteiger partial charge in [-0.2, -0.15) is 0 Å². The third kappa shape index (κ3) is 5.15. The molecule has 0 saturated carbocycles. The maximum atomic E-state index is 4.05. The highest BCUT2D eigenvalue weighted by Gasteiger charge is 1.87. The minimum atomic E-state index is 0.789. The lowest BCUT2D eigenvalue weighted by Crippen LogP contribution is -2.07. The normalized spacial score (nSPS) is 11.6. The van der Waals surface area contributed by atoms with Gasteiger partial charge in [-0.25, -0.2) is 4.99 Å². The molecule has 0 radical (unpaired) electrons. The predicted molar refractivity (Wildman–Crippen MR) is 50.4 cm³/mol. The highest BCUT2D eigenvalue weighted by molar-refractivity contribution is 5.71. The van der Waals surface area contributed by atoms with Crippen molar-refractivity contribution in [2.75, 3.05) is 0 Å². The summed E-state index contributed by atoms with van der Waals surface area (Å²) in [6.45, 7) is 11.0. The van der Waals surface area contributed by atoms with Crippen molar-refractivity contribution in [3.8, 4) is 0 Å². The van der Waals surface area contributed by atoms with Gasteiger partial charge in [0.2, 0.25) is 0 Å². The van der Waals surface area contributed by atoms with Crippen molar-refractivity contribution in [2.45, 2.75) is 13.8 Å². The van der Waals surface area contributed by atoms with Crippen molar-refractivity contribution >= 4 is 6.21 Å². The standard InChI is InChI=1S/C9H14N2/c1-5-7-10-9(6-2)11-8(3)4/h5-7,11H,1,3H2,2,4H3/b9-6+,10-7-. The van der Waals surface area contributed by atoms with E-state index in [9.17, 15) is 0 Å². The van der Waals surface area contributed by atoms with Crippen molar-refractivity contribution in [3.05, 3.63) is 36.8 Å². The first-order valence-electron chi connectivity index (χ1n) is 3.44. The van der Waals surface area contributed by atoms with Crippen molar-refractivity contribution in [2.24, 2.45) is 4.99 Å². The van der Waals surface area contributed by atoms with Gasteiger partial charge >= 0.3 is 0 Å². The zero-order chi connectivity index (χ0) is 8.69. The molecular formula is C9H14N2. The topological polar surface area (TPSA) is 24.4 Å². The molecule has 0 aliphatic carbocycles. The van der Waals surface area contributed by atoms with Crippen LogP contribution in [0.25, 0.3) is 0 Å². The molecule has 0 unspecified atom stereocenters. The number of allylic oxidation sites excluding steroid dienone is 3. The van der Waals surface area contributed by atoms with Gasteiger partial charge in [0.25, 0.3) is 0 Å². The molecule has 0 atom stereocenters. The van der Waals surface area contributed by atoms with Crippen molar-refractivity contribution < 1.29 is 0 Å². The van der Waals surface area contributed by atoms with Crippen LogP contribution in [0.15, 0.2) is 41.8 Å². The molecule has 2 heteroatoms. The zero-order valence-corrected chi connectivity index (χ0v) is 7.09. The first-order chi connectivity index (χ1) is 5.20. The molecule has 0 aromatic rings. The Morgan fingerprint density at radius 1 is 1.55 bits per heavy atom. The molecule has 0 aromatic carbocycles. The van der Waals surface area contributed by atoms with Gasteiger partial charge in [-0.3, -0.25) is 0 Å². The third-order valence-electron chi connectivity index (χ3n) is 0.934. The molecule has 0 spiro atoms. The summed E-state index contributed by atoms with van der Waals surface area (Å²) in [6, 6.07) is 0. The Morgan fingerprint density at radius 2 is 2.18 bits per heavy atom. The van der Waals surface area contributed by atoms with Gasteiger partial charge < -0.3 is 5.32 Å². The van der Waals surface area contributed by atoms with E-state index in [1.165, 1.54) is 0 Å². The Labute approximate surface area is 68.0 Å². The van der Waals surface area contributed by atoms with E-state index in [1.807, 2.05) is 19.9 Å². The van der Waals surface area contributed by atoms with Gasteiger partial charge in [0.15, 0.2) is 0 Å².